The summed E-state index contributed by atoms with van der Waals surface area (Å²) in [7, 11) is 0. The summed E-state index contributed by atoms with van der Waals surface area (Å²) >= 11 is 1.32. The molecule has 1 aromatic rings. The maximum Gasteiger partial charge on any atom is 0.332 e. The van der Waals surface area contributed by atoms with E-state index in [0.29, 0.717) is 16.9 Å². The second-order valence-corrected chi connectivity index (χ2v) is 4.89. The Bertz CT molecular complexity index is 428. The maximum absolute atomic E-state index is 12.6. The number of thioether (sulfide) groups is 1. The Morgan fingerprint density at radius 1 is 1.44 bits per heavy atom. The van der Waals surface area contributed by atoms with E-state index in [0.717, 1.165) is 5.56 Å². The number of rotatable bonds is 3. The van der Waals surface area contributed by atoms with Crippen molar-refractivity contribution >= 4 is 22.6 Å². The number of hydrogen-bond acceptors (Lipinski definition) is 2. The highest BCUT2D eigenvalue weighted by molar-refractivity contribution is 8.09. The van der Waals surface area contributed by atoms with Crippen molar-refractivity contribution in [2.24, 2.45) is 0 Å². The van der Waals surface area contributed by atoms with E-state index in [1.165, 1.54) is 11.8 Å². The van der Waals surface area contributed by atoms with Gasteiger partial charge in [0.05, 0.1) is 5.57 Å². The van der Waals surface area contributed by atoms with Gasteiger partial charge in [0.25, 0.3) is 0 Å². The molecule has 84 valence electrons. The van der Waals surface area contributed by atoms with Gasteiger partial charge in [-0.1, -0.05) is 30.3 Å². The number of carboxylic acids is 1. The Morgan fingerprint density at radius 2 is 2.12 bits per heavy atom. The molecule has 0 aliphatic carbocycles. The summed E-state index contributed by atoms with van der Waals surface area (Å²) in [5.41, 5.74) is 1.19. The zero-order valence-electron chi connectivity index (χ0n) is 8.52. The molecule has 0 saturated carbocycles. The van der Waals surface area contributed by atoms with Gasteiger partial charge in [0, 0.05) is 10.2 Å². The molecule has 1 atom stereocenters. The van der Waals surface area contributed by atoms with Crippen LogP contribution in [0.25, 0.3) is 4.91 Å². The smallest absolute Gasteiger partial charge is 0.332 e. The molecule has 1 aromatic carbocycles. The van der Waals surface area contributed by atoms with Gasteiger partial charge in [-0.2, -0.15) is 0 Å². The van der Waals surface area contributed by atoms with Crippen LogP contribution in [0.2, 0.25) is 0 Å². The molecular weight excluding hydrogens is 227 g/mol. The second-order valence-electron chi connectivity index (χ2n) is 3.58. The van der Waals surface area contributed by atoms with Crippen LogP contribution < -0.4 is 0 Å². The highest BCUT2D eigenvalue weighted by atomic mass is 32.2. The van der Waals surface area contributed by atoms with E-state index in [1.54, 1.807) is 0 Å². The quantitative estimate of drug-likeness (QED) is 0.879. The van der Waals surface area contributed by atoms with Crippen LogP contribution in [0, 0.1) is 0 Å². The average Bonchev–Trinajstić information content (AvgIpc) is 2.74. The van der Waals surface area contributed by atoms with Crippen LogP contribution in [-0.4, -0.2) is 23.0 Å². The maximum atomic E-state index is 12.6. The van der Waals surface area contributed by atoms with E-state index in [2.05, 4.69) is 0 Å². The molecular formula is C12H11FO2S. The summed E-state index contributed by atoms with van der Waals surface area (Å²) in [6.07, 6.45) is 0.306. The summed E-state index contributed by atoms with van der Waals surface area (Å²) in [4.78, 5) is 11.8. The molecule has 2 rings (SSSR count). The van der Waals surface area contributed by atoms with E-state index in [9.17, 15) is 9.18 Å². The van der Waals surface area contributed by atoms with Gasteiger partial charge >= 0.3 is 5.97 Å². The van der Waals surface area contributed by atoms with Crippen molar-refractivity contribution in [3.05, 3.63) is 41.5 Å². The minimum Gasteiger partial charge on any atom is -0.478 e. The third-order valence-electron chi connectivity index (χ3n) is 2.46. The zero-order valence-corrected chi connectivity index (χ0v) is 9.34. The van der Waals surface area contributed by atoms with Crippen LogP contribution in [0.4, 0.5) is 4.39 Å². The minimum absolute atomic E-state index is 0.249. The standard InChI is InChI=1S/C12H11FO2S/c13-7-9-6-10(12(14)15)11(16-9)8-4-2-1-3-5-8/h1-5,9H,6-7H2,(H,14,15). The van der Waals surface area contributed by atoms with Crippen molar-refractivity contribution in [3.63, 3.8) is 0 Å². The first-order chi connectivity index (χ1) is 7.72. The fourth-order valence-corrected chi connectivity index (χ4v) is 2.93. The van der Waals surface area contributed by atoms with Gasteiger partial charge in [0.15, 0.2) is 0 Å². The number of hydrogen-bond donors (Lipinski definition) is 1. The monoisotopic (exact) mass is 238 g/mol. The molecule has 2 nitrogen and oxygen atoms in total. The zero-order chi connectivity index (χ0) is 11.5. The molecule has 1 heterocycles. The lowest BCUT2D eigenvalue weighted by atomic mass is 10.1. The van der Waals surface area contributed by atoms with E-state index in [4.69, 9.17) is 5.11 Å². The fourth-order valence-electron chi connectivity index (χ4n) is 1.70. The third-order valence-corrected chi connectivity index (χ3v) is 3.80. The molecule has 16 heavy (non-hydrogen) atoms. The molecule has 1 N–H and O–H groups in total. The van der Waals surface area contributed by atoms with Gasteiger partial charge in [-0.25, -0.2) is 9.18 Å². The van der Waals surface area contributed by atoms with Crippen LogP contribution >= 0.6 is 11.8 Å². The van der Waals surface area contributed by atoms with E-state index >= 15 is 0 Å². The van der Waals surface area contributed by atoms with Gasteiger partial charge in [0.2, 0.25) is 0 Å². The lowest BCUT2D eigenvalue weighted by molar-refractivity contribution is -0.132. The Morgan fingerprint density at radius 3 is 2.69 bits per heavy atom. The van der Waals surface area contributed by atoms with Crippen LogP contribution in [0.1, 0.15) is 12.0 Å². The number of alkyl halides is 1. The van der Waals surface area contributed by atoms with Crippen LogP contribution in [0.3, 0.4) is 0 Å². The summed E-state index contributed by atoms with van der Waals surface area (Å²) in [5, 5.41) is 8.82. The van der Waals surface area contributed by atoms with E-state index in [-0.39, 0.29) is 5.25 Å². The predicted octanol–water partition coefficient (Wildman–Crippen LogP) is 2.96. The summed E-state index contributed by atoms with van der Waals surface area (Å²) < 4.78 is 12.6. The van der Waals surface area contributed by atoms with Crippen molar-refractivity contribution in [1.29, 1.82) is 0 Å². The van der Waals surface area contributed by atoms with Crippen molar-refractivity contribution in [1.82, 2.24) is 0 Å². The molecule has 0 saturated heterocycles. The number of benzene rings is 1. The van der Waals surface area contributed by atoms with Gasteiger partial charge in [-0.3, -0.25) is 0 Å². The van der Waals surface area contributed by atoms with Crippen LogP contribution in [0.15, 0.2) is 35.9 Å². The molecule has 0 fully saturated rings. The largest absolute Gasteiger partial charge is 0.478 e. The number of halogens is 1. The summed E-state index contributed by atoms with van der Waals surface area (Å²) in [6.45, 7) is -0.488. The second kappa shape index (κ2) is 4.70. The Kier molecular flexibility index (Phi) is 3.29. The topological polar surface area (TPSA) is 37.3 Å². The first-order valence-electron chi connectivity index (χ1n) is 4.97. The van der Waals surface area contributed by atoms with Crippen LogP contribution in [-0.2, 0) is 4.79 Å². The van der Waals surface area contributed by atoms with Crippen molar-refractivity contribution < 1.29 is 14.3 Å². The molecule has 0 amide bonds. The SMILES string of the molecule is O=C(O)C1=C(c2ccccc2)SC(CF)C1. The Labute approximate surface area is 97.2 Å². The first kappa shape index (κ1) is 11.2. The van der Waals surface area contributed by atoms with Gasteiger partial charge in [-0.15, -0.1) is 11.8 Å². The van der Waals surface area contributed by atoms with Gasteiger partial charge < -0.3 is 5.11 Å². The van der Waals surface area contributed by atoms with Crippen molar-refractivity contribution in [2.75, 3.05) is 6.67 Å². The molecule has 0 bridgehead atoms. The highest BCUT2D eigenvalue weighted by Crippen LogP contribution is 2.44. The molecule has 0 aromatic heterocycles. The van der Waals surface area contributed by atoms with Crippen LogP contribution in [0.5, 0.6) is 0 Å². The average molecular weight is 238 g/mol. The molecule has 1 aliphatic heterocycles. The molecule has 4 heteroatoms. The van der Waals surface area contributed by atoms with Crippen molar-refractivity contribution in [3.8, 4) is 0 Å². The van der Waals surface area contributed by atoms with E-state index < -0.39 is 12.6 Å². The molecule has 0 radical (unpaired) electrons. The summed E-state index contributed by atoms with van der Waals surface area (Å²) in [6, 6.07) is 9.28. The fraction of sp³-hybridized carbons (Fsp3) is 0.250. The van der Waals surface area contributed by atoms with E-state index in [1.807, 2.05) is 30.3 Å². The summed E-state index contributed by atoms with van der Waals surface area (Å²) in [5.74, 6) is -0.942. The lowest BCUT2D eigenvalue weighted by Gasteiger charge is -2.04. The normalized spacial score (nSPS) is 20.2. The predicted molar refractivity (Wildman–Crippen MR) is 63.0 cm³/mol. The number of carbonyl (C=O) groups is 1. The number of carboxylic acid groups (broad SMARTS) is 1. The number of aliphatic carboxylic acids is 1. The minimum atomic E-state index is -0.942. The van der Waals surface area contributed by atoms with Crippen molar-refractivity contribution in [2.45, 2.75) is 11.7 Å². The first-order valence-corrected chi connectivity index (χ1v) is 5.85. The third kappa shape index (κ3) is 2.11. The van der Waals surface area contributed by atoms with Gasteiger partial charge in [-0.05, 0) is 12.0 Å². The molecule has 0 spiro atoms. The molecule has 1 unspecified atom stereocenters. The Hall–Kier alpha value is -1.29. The Balaban J connectivity index is 2.37. The van der Waals surface area contributed by atoms with Gasteiger partial charge in [0.1, 0.15) is 6.67 Å². The molecule has 1 aliphatic rings. The highest BCUT2D eigenvalue weighted by Gasteiger charge is 2.29. The lowest BCUT2D eigenvalue weighted by Crippen LogP contribution is -2.05.